The van der Waals surface area contributed by atoms with Crippen LogP contribution in [-0.4, -0.2) is 51.8 Å². The molecule has 1 aliphatic heterocycles. The Labute approximate surface area is 130 Å². The third-order valence-electron chi connectivity index (χ3n) is 4.02. The summed E-state index contributed by atoms with van der Waals surface area (Å²) < 4.78 is 10.5. The lowest BCUT2D eigenvalue weighted by atomic mass is 9.98. The summed E-state index contributed by atoms with van der Waals surface area (Å²) in [5.74, 6) is 2.78. The topological polar surface area (TPSA) is 80.1 Å². The second kappa shape index (κ2) is 7.02. The van der Waals surface area contributed by atoms with Crippen LogP contribution >= 0.6 is 0 Å². The van der Waals surface area contributed by atoms with E-state index in [1.165, 1.54) is 0 Å². The summed E-state index contributed by atoms with van der Waals surface area (Å²) in [6.45, 7) is 5.53. The minimum absolute atomic E-state index is 0.321. The first-order valence-corrected chi connectivity index (χ1v) is 7.79. The number of rotatable bonds is 6. The van der Waals surface area contributed by atoms with Crippen molar-refractivity contribution in [3.05, 3.63) is 29.4 Å². The second-order valence-electron chi connectivity index (χ2n) is 5.86. The third-order valence-corrected chi connectivity index (χ3v) is 4.02. The van der Waals surface area contributed by atoms with Crippen LogP contribution in [0.5, 0.6) is 0 Å². The molecule has 0 saturated carbocycles. The van der Waals surface area contributed by atoms with E-state index in [9.17, 15) is 0 Å². The SMILES string of the molecule is COCCc1noc(C2CCCN(Cc3cnc(C)[nH]3)C2)n1. The number of H-pyrrole nitrogens is 1. The summed E-state index contributed by atoms with van der Waals surface area (Å²) in [7, 11) is 1.68. The van der Waals surface area contributed by atoms with E-state index >= 15 is 0 Å². The molecular weight excluding hydrogens is 282 g/mol. The van der Waals surface area contributed by atoms with Gasteiger partial charge in [0.15, 0.2) is 5.82 Å². The maximum absolute atomic E-state index is 5.44. The number of likely N-dealkylation sites (tertiary alicyclic amines) is 1. The number of hydrogen-bond acceptors (Lipinski definition) is 6. The lowest BCUT2D eigenvalue weighted by molar-refractivity contribution is 0.178. The number of aromatic nitrogens is 4. The molecule has 1 atom stereocenters. The summed E-state index contributed by atoms with van der Waals surface area (Å²) >= 11 is 0. The Balaban J connectivity index is 1.59. The molecule has 3 rings (SSSR count). The van der Waals surface area contributed by atoms with Gasteiger partial charge in [-0.2, -0.15) is 4.98 Å². The predicted octanol–water partition coefficient (Wildman–Crippen LogP) is 1.67. The van der Waals surface area contributed by atoms with E-state index in [0.717, 1.165) is 55.7 Å². The molecule has 1 aliphatic rings. The number of aryl methyl sites for hydroxylation is 1. The van der Waals surface area contributed by atoms with Crippen molar-refractivity contribution in [2.75, 3.05) is 26.8 Å². The average Bonchev–Trinajstić information content (AvgIpc) is 3.15. The number of ether oxygens (including phenoxy) is 1. The highest BCUT2D eigenvalue weighted by molar-refractivity contribution is 5.02. The lowest BCUT2D eigenvalue weighted by Crippen LogP contribution is -2.34. The molecule has 0 amide bonds. The van der Waals surface area contributed by atoms with Crippen LogP contribution in [0.2, 0.25) is 0 Å². The van der Waals surface area contributed by atoms with Crippen molar-refractivity contribution in [2.24, 2.45) is 0 Å². The third kappa shape index (κ3) is 3.72. The summed E-state index contributed by atoms with van der Waals surface area (Å²) in [5.41, 5.74) is 1.16. The fourth-order valence-electron chi connectivity index (χ4n) is 2.92. The van der Waals surface area contributed by atoms with Gasteiger partial charge in [0.05, 0.1) is 12.5 Å². The summed E-state index contributed by atoms with van der Waals surface area (Å²) in [5, 5.41) is 4.04. The van der Waals surface area contributed by atoms with Gasteiger partial charge in [-0.25, -0.2) is 4.98 Å². The molecule has 0 spiro atoms. The quantitative estimate of drug-likeness (QED) is 0.874. The molecule has 120 valence electrons. The van der Waals surface area contributed by atoms with Crippen LogP contribution < -0.4 is 0 Å². The Hall–Kier alpha value is -1.73. The molecule has 1 N–H and O–H groups in total. The molecule has 1 fully saturated rings. The van der Waals surface area contributed by atoms with Crippen molar-refractivity contribution in [3.63, 3.8) is 0 Å². The Kier molecular flexibility index (Phi) is 4.84. The van der Waals surface area contributed by atoms with Gasteiger partial charge in [-0.1, -0.05) is 5.16 Å². The van der Waals surface area contributed by atoms with E-state index in [-0.39, 0.29) is 0 Å². The van der Waals surface area contributed by atoms with Gasteiger partial charge in [0.2, 0.25) is 5.89 Å². The number of nitrogens with one attached hydrogen (secondary N) is 1. The number of aromatic amines is 1. The van der Waals surface area contributed by atoms with E-state index in [1.54, 1.807) is 7.11 Å². The molecule has 0 aliphatic carbocycles. The van der Waals surface area contributed by atoms with Crippen molar-refractivity contribution in [1.29, 1.82) is 0 Å². The lowest BCUT2D eigenvalue weighted by Gasteiger charge is -2.30. The van der Waals surface area contributed by atoms with Crippen LogP contribution in [0.25, 0.3) is 0 Å². The van der Waals surface area contributed by atoms with Gasteiger partial charge in [0, 0.05) is 38.5 Å². The zero-order valence-corrected chi connectivity index (χ0v) is 13.2. The van der Waals surface area contributed by atoms with E-state index in [4.69, 9.17) is 9.26 Å². The molecule has 0 bridgehead atoms. The normalized spacial score (nSPS) is 19.6. The number of nitrogens with zero attached hydrogens (tertiary/aromatic N) is 4. The Bertz CT molecular complexity index is 594. The molecular formula is C15H23N5O2. The second-order valence-corrected chi connectivity index (χ2v) is 5.86. The highest BCUT2D eigenvalue weighted by Crippen LogP contribution is 2.26. The van der Waals surface area contributed by atoms with E-state index in [2.05, 4.69) is 25.0 Å². The fourth-order valence-corrected chi connectivity index (χ4v) is 2.92. The summed E-state index contributed by atoms with van der Waals surface area (Å²) in [4.78, 5) is 14.5. The molecule has 7 heteroatoms. The van der Waals surface area contributed by atoms with Gasteiger partial charge in [0.25, 0.3) is 0 Å². The van der Waals surface area contributed by atoms with Crippen LogP contribution in [0.15, 0.2) is 10.7 Å². The Morgan fingerprint density at radius 1 is 1.50 bits per heavy atom. The zero-order valence-electron chi connectivity index (χ0n) is 13.2. The van der Waals surface area contributed by atoms with Crippen LogP contribution in [0.3, 0.4) is 0 Å². The minimum atomic E-state index is 0.321. The molecule has 1 saturated heterocycles. The molecule has 2 aromatic rings. The van der Waals surface area contributed by atoms with Crippen molar-refractivity contribution in [3.8, 4) is 0 Å². The van der Waals surface area contributed by atoms with Crippen molar-refractivity contribution in [2.45, 2.75) is 38.6 Å². The first-order chi connectivity index (χ1) is 10.7. The van der Waals surface area contributed by atoms with Gasteiger partial charge in [-0.05, 0) is 26.3 Å². The fraction of sp³-hybridized carbons (Fsp3) is 0.667. The highest BCUT2D eigenvalue weighted by Gasteiger charge is 2.26. The van der Waals surface area contributed by atoms with Crippen LogP contribution in [0.4, 0.5) is 0 Å². The average molecular weight is 305 g/mol. The maximum Gasteiger partial charge on any atom is 0.231 e. The number of methoxy groups -OCH3 is 1. The van der Waals surface area contributed by atoms with Gasteiger partial charge in [-0.15, -0.1) is 0 Å². The van der Waals surface area contributed by atoms with E-state index in [0.29, 0.717) is 18.9 Å². The maximum atomic E-state index is 5.44. The summed E-state index contributed by atoms with van der Waals surface area (Å²) in [6, 6.07) is 0. The van der Waals surface area contributed by atoms with E-state index < -0.39 is 0 Å². The highest BCUT2D eigenvalue weighted by atomic mass is 16.5. The first-order valence-electron chi connectivity index (χ1n) is 7.79. The molecule has 1 unspecified atom stereocenters. The van der Waals surface area contributed by atoms with Crippen molar-refractivity contribution < 1.29 is 9.26 Å². The van der Waals surface area contributed by atoms with Crippen molar-refractivity contribution >= 4 is 0 Å². The Morgan fingerprint density at radius 3 is 3.18 bits per heavy atom. The van der Waals surface area contributed by atoms with Crippen LogP contribution in [0, 0.1) is 6.92 Å². The van der Waals surface area contributed by atoms with Crippen LogP contribution in [-0.2, 0) is 17.7 Å². The van der Waals surface area contributed by atoms with Gasteiger partial charge >= 0.3 is 0 Å². The van der Waals surface area contributed by atoms with Gasteiger partial charge in [-0.3, -0.25) is 4.90 Å². The number of hydrogen-bond donors (Lipinski definition) is 1. The van der Waals surface area contributed by atoms with Crippen molar-refractivity contribution in [1.82, 2.24) is 25.0 Å². The zero-order chi connectivity index (χ0) is 15.4. The van der Waals surface area contributed by atoms with Gasteiger partial charge < -0.3 is 14.2 Å². The first kappa shape index (κ1) is 15.2. The molecule has 0 aromatic carbocycles. The molecule has 3 heterocycles. The monoisotopic (exact) mass is 305 g/mol. The molecule has 2 aromatic heterocycles. The van der Waals surface area contributed by atoms with E-state index in [1.807, 2.05) is 13.1 Å². The standard InChI is InChI=1S/C15H23N5O2/c1-11-16-8-13(17-11)10-20-6-3-4-12(9-20)15-18-14(19-22-15)5-7-21-2/h8,12H,3-7,9-10H2,1-2H3,(H,16,17). The minimum Gasteiger partial charge on any atom is -0.384 e. The van der Waals surface area contributed by atoms with Crippen LogP contribution in [0.1, 0.15) is 42.0 Å². The molecule has 0 radical (unpaired) electrons. The largest absolute Gasteiger partial charge is 0.384 e. The smallest absolute Gasteiger partial charge is 0.231 e. The predicted molar refractivity (Wildman–Crippen MR) is 80.5 cm³/mol. The number of piperidine rings is 1. The Morgan fingerprint density at radius 2 is 2.41 bits per heavy atom. The summed E-state index contributed by atoms with van der Waals surface area (Å²) in [6.07, 6.45) is 4.86. The number of imidazole rings is 1. The molecule has 22 heavy (non-hydrogen) atoms. The van der Waals surface area contributed by atoms with Gasteiger partial charge in [0.1, 0.15) is 5.82 Å². The molecule has 7 nitrogen and oxygen atoms in total.